The van der Waals surface area contributed by atoms with Gasteiger partial charge in [-0.3, -0.25) is 9.59 Å². The molecule has 0 bridgehead atoms. The van der Waals surface area contributed by atoms with Crippen molar-refractivity contribution < 1.29 is 35.6 Å². The smallest absolute Gasteiger partial charge is 0.416 e. The predicted octanol–water partition coefficient (Wildman–Crippen LogP) is 2.66. The Morgan fingerprint density at radius 1 is 1.26 bits per heavy atom. The molecule has 1 aromatic heterocycles. The van der Waals surface area contributed by atoms with E-state index in [2.05, 4.69) is 10.3 Å². The summed E-state index contributed by atoms with van der Waals surface area (Å²) >= 11 is 0. The van der Waals surface area contributed by atoms with Gasteiger partial charge in [-0.05, 0) is 37.5 Å². The Hall–Kier alpha value is -3.13. The average molecular weight is 504 g/mol. The number of aryl methyl sites for hydroxylation is 1. The number of hydrogen-bond donors (Lipinski definition) is 2. The molecular weight excluding hydrogens is 479 g/mol. The fourth-order valence-corrected chi connectivity index (χ4v) is 4.44. The summed E-state index contributed by atoms with van der Waals surface area (Å²) in [5, 5.41) is 2.55. The SMILES string of the molecule is CCCN1CCCN(S(=O)(=O)NC(=O)c2coc(Nc3cc(C(F)(F)F)ccc3C)n2)CC1=O. The van der Waals surface area contributed by atoms with Gasteiger partial charge in [-0.15, -0.1) is 0 Å². The number of oxazole rings is 1. The Morgan fingerprint density at radius 2 is 2.00 bits per heavy atom. The van der Waals surface area contributed by atoms with E-state index in [0.717, 1.165) is 29.1 Å². The van der Waals surface area contributed by atoms with Crippen LogP contribution in [0.5, 0.6) is 0 Å². The van der Waals surface area contributed by atoms with Crippen LogP contribution in [0.15, 0.2) is 28.9 Å². The zero-order valence-corrected chi connectivity index (χ0v) is 19.3. The summed E-state index contributed by atoms with van der Waals surface area (Å²) in [6.45, 7) is 4.05. The molecule has 0 aliphatic carbocycles. The molecule has 2 amide bonds. The molecular formula is C20H24F3N5O5S. The minimum absolute atomic E-state index is 0.0506. The Bertz CT molecular complexity index is 1170. The third-order valence-corrected chi connectivity index (χ3v) is 6.53. The molecule has 2 N–H and O–H groups in total. The summed E-state index contributed by atoms with van der Waals surface area (Å²) < 4.78 is 72.0. The lowest BCUT2D eigenvalue weighted by molar-refractivity contribution is -0.137. The standard InChI is InChI=1S/C20H24F3N5O5S/c1-3-7-27-8-4-9-28(11-17(27)29)34(31,32)26-18(30)16-12-33-19(25-16)24-15-10-14(20(21,22)23)6-5-13(15)2/h5-6,10,12H,3-4,7-9,11H2,1-2H3,(H,24,25)(H,26,30). The van der Waals surface area contributed by atoms with Crippen molar-refractivity contribution in [2.45, 2.75) is 32.9 Å². The summed E-state index contributed by atoms with van der Waals surface area (Å²) in [6, 6.07) is 2.75. The van der Waals surface area contributed by atoms with Gasteiger partial charge in [0.2, 0.25) is 5.91 Å². The van der Waals surface area contributed by atoms with Gasteiger partial charge in [-0.2, -0.15) is 30.9 Å². The van der Waals surface area contributed by atoms with E-state index in [1.54, 1.807) is 11.8 Å². The third kappa shape index (κ3) is 6.05. The Labute approximate surface area is 194 Å². The molecule has 3 rings (SSSR count). The van der Waals surface area contributed by atoms with Crippen molar-refractivity contribution in [2.24, 2.45) is 0 Å². The number of rotatable bonds is 7. The molecule has 1 aliphatic heterocycles. The summed E-state index contributed by atoms with van der Waals surface area (Å²) in [6.07, 6.45) is -2.54. The molecule has 0 unspecified atom stereocenters. The maximum Gasteiger partial charge on any atom is 0.416 e. The van der Waals surface area contributed by atoms with Crippen molar-refractivity contribution in [1.82, 2.24) is 18.9 Å². The number of anilines is 2. The topological polar surface area (TPSA) is 125 Å². The van der Waals surface area contributed by atoms with E-state index in [4.69, 9.17) is 4.42 Å². The van der Waals surface area contributed by atoms with Gasteiger partial charge in [-0.25, -0.2) is 4.72 Å². The zero-order chi connectivity index (χ0) is 25.1. The van der Waals surface area contributed by atoms with Crippen LogP contribution in [0.2, 0.25) is 0 Å². The monoisotopic (exact) mass is 503 g/mol. The van der Waals surface area contributed by atoms with Gasteiger partial charge in [0.25, 0.3) is 11.9 Å². The molecule has 2 heterocycles. The molecule has 1 saturated heterocycles. The summed E-state index contributed by atoms with van der Waals surface area (Å²) in [7, 11) is -4.34. The second-order valence-corrected chi connectivity index (χ2v) is 9.37. The van der Waals surface area contributed by atoms with Crippen LogP contribution in [0.4, 0.5) is 24.9 Å². The van der Waals surface area contributed by atoms with Crippen LogP contribution >= 0.6 is 0 Å². The van der Waals surface area contributed by atoms with Gasteiger partial charge in [0.1, 0.15) is 6.26 Å². The van der Waals surface area contributed by atoms with Gasteiger partial charge in [0, 0.05) is 25.3 Å². The molecule has 34 heavy (non-hydrogen) atoms. The first kappa shape index (κ1) is 25.5. The van der Waals surface area contributed by atoms with Gasteiger partial charge in [0.05, 0.1) is 12.1 Å². The quantitative estimate of drug-likeness (QED) is 0.595. The van der Waals surface area contributed by atoms with Gasteiger partial charge < -0.3 is 14.6 Å². The Kier molecular flexibility index (Phi) is 7.51. The first-order valence-electron chi connectivity index (χ1n) is 10.4. The first-order valence-corrected chi connectivity index (χ1v) is 11.8. The highest BCUT2D eigenvalue weighted by molar-refractivity contribution is 7.87. The van der Waals surface area contributed by atoms with E-state index < -0.39 is 40.1 Å². The molecule has 186 valence electrons. The summed E-state index contributed by atoms with van der Waals surface area (Å²) in [5.74, 6) is -1.47. The lowest BCUT2D eigenvalue weighted by atomic mass is 10.1. The van der Waals surface area contributed by atoms with Crippen LogP contribution in [0, 0.1) is 6.92 Å². The number of carbonyl (C=O) groups excluding carboxylic acids is 2. The molecule has 0 atom stereocenters. The lowest BCUT2D eigenvalue weighted by Crippen LogP contribution is -2.46. The number of amides is 2. The molecule has 10 nitrogen and oxygen atoms in total. The maximum absolute atomic E-state index is 13.0. The van der Waals surface area contributed by atoms with Crippen molar-refractivity contribution in [2.75, 3.05) is 31.5 Å². The number of nitrogens with zero attached hydrogens (tertiary/aromatic N) is 3. The average Bonchev–Trinajstić information content (AvgIpc) is 3.13. The number of alkyl halides is 3. The molecule has 2 aromatic rings. The van der Waals surface area contributed by atoms with Crippen molar-refractivity contribution in [3.05, 3.63) is 41.3 Å². The van der Waals surface area contributed by atoms with E-state index in [1.165, 1.54) is 6.07 Å². The van der Waals surface area contributed by atoms with E-state index in [-0.39, 0.29) is 24.2 Å². The molecule has 14 heteroatoms. The van der Waals surface area contributed by atoms with E-state index in [0.29, 0.717) is 25.1 Å². The number of benzene rings is 1. The molecule has 0 saturated carbocycles. The van der Waals surface area contributed by atoms with Crippen molar-refractivity contribution in [1.29, 1.82) is 0 Å². The van der Waals surface area contributed by atoms with E-state index in [1.807, 2.05) is 11.6 Å². The summed E-state index contributed by atoms with van der Waals surface area (Å²) in [5.41, 5.74) is -0.788. The second-order valence-electron chi connectivity index (χ2n) is 7.69. The van der Waals surface area contributed by atoms with Crippen molar-refractivity contribution in [3.8, 4) is 0 Å². The van der Waals surface area contributed by atoms with Crippen LogP contribution in [-0.2, 0) is 21.2 Å². The largest absolute Gasteiger partial charge is 0.431 e. The van der Waals surface area contributed by atoms with E-state index in [9.17, 15) is 31.2 Å². The Morgan fingerprint density at radius 3 is 2.68 bits per heavy atom. The minimum atomic E-state index is -4.55. The fourth-order valence-electron chi connectivity index (χ4n) is 3.32. The lowest BCUT2D eigenvalue weighted by Gasteiger charge is -2.21. The number of carbonyl (C=O) groups is 2. The van der Waals surface area contributed by atoms with Crippen LogP contribution in [-0.4, -0.2) is 60.6 Å². The molecule has 1 aliphatic rings. The van der Waals surface area contributed by atoms with Crippen LogP contribution < -0.4 is 10.0 Å². The van der Waals surface area contributed by atoms with Gasteiger partial charge in [-0.1, -0.05) is 13.0 Å². The number of aromatic nitrogens is 1. The van der Waals surface area contributed by atoms with Crippen LogP contribution in [0.1, 0.15) is 41.4 Å². The van der Waals surface area contributed by atoms with Crippen LogP contribution in [0.3, 0.4) is 0 Å². The molecule has 0 spiro atoms. The summed E-state index contributed by atoms with van der Waals surface area (Å²) in [4.78, 5) is 30.1. The van der Waals surface area contributed by atoms with Gasteiger partial charge >= 0.3 is 16.4 Å². The highest BCUT2D eigenvalue weighted by Gasteiger charge is 2.32. The second kappa shape index (κ2) is 10.0. The fraction of sp³-hybridized carbons (Fsp3) is 0.450. The first-order chi connectivity index (χ1) is 15.9. The number of nitrogens with one attached hydrogen (secondary N) is 2. The highest BCUT2D eigenvalue weighted by Crippen LogP contribution is 2.33. The molecule has 0 radical (unpaired) electrons. The molecule has 1 aromatic carbocycles. The predicted molar refractivity (Wildman–Crippen MR) is 115 cm³/mol. The Balaban J connectivity index is 1.69. The van der Waals surface area contributed by atoms with Crippen molar-refractivity contribution in [3.63, 3.8) is 0 Å². The van der Waals surface area contributed by atoms with Gasteiger partial charge in [0.15, 0.2) is 5.69 Å². The highest BCUT2D eigenvalue weighted by atomic mass is 32.2. The normalized spacial score (nSPS) is 15.8. The minimum Gasteiger partial charge on any atom is -0.431 e. The maximum atomic E-state index is 13.0. The number of hydrogen-bond acceptors (Lipinski definition) is 7. The number of halogens is 3. The zero-order valence-electron chi connectivity index (χ0n) is 18.5. The third-order valence-electron chi connectivity index (χ3n) is 5.10. The van der Waals surface area contributed by atoms with Crippen LogP contribution in [0.25, 0.3) is 0 Å². The van der Waals surface area contributed by atoms with E-state index >= 15 is 0 Å². The molecule has 1 fully saturated rings. The van der Waals surface area contributed by atoms with Crippen molar-refractivity contribution >= 4 is 33.7 Å².